The maximum atomic E-state index is 12.7. The molecular weight excluding hydrogens is 423 g/mol. The molecule has 2 N–H and O–H groups in total. The average molecular weight is 451 g/mol. The predicted molar refractivity (Wildman–Crippen MR) is 117 cm³/mol. The fourth-order valence-corrected chi connectivity index (χ4v) is 3.02. The summed E-state index contributed by atoms with van der Waals surface area (Å²) in [5.74, 6) is -0.451. The highest BCUT2D eigenvalue weighted by Crippen LogP contribution is 2.30. The van der Waals surface area contributed by atoms with E-state index in [1.165, 1.54) is 12.1 Å². The van der Waals surface area contributed by atoms with Crippen LogP contribution in [-0.2, 0) is 11.0 Å². The molecule has 9 heteroatoms. The van der Waals surface area contributed by atoms with Crippen molar-refractivity contribution in [3.63, 3.8) is 0 Å². The summed E-state index contributed by atoms with van der Waals surface area (Å²) in [6, 6.07) is 11.0. The zero-order valence-corrected chi connectivity index (χ0v) is 18.3. The van der Waals surface area contributed by atoms with E-state index in [0.29, 0.717) is 23.9 Å². The molecular formula is C23H28F3N3O3. The quantitative estimate of drug-likeness (QED) is 0.569. The normalized spacial score (nSPS) is 11.5. The van der Waals surface area contributed by atoms with Gasteiger partial charge in [-0.25, -0.2) is 0 Å². The summed E-state index contributed by atoms with van der Waals surface area (Å²) in [7, 11) is 0. The maximum absolute atomic E-state index is 12.7. The van der Waals surface area contributed by atoms with Crippen molar-refractivity contribution in [1.29, 1.82) is 0 Å². The summed E-state index contributed by atoms with van der Waals surface area (Å²) < 4.78 is 43.6. The number of rotatable bonds is 10. The van der Waals surface area contributed by atoms with E-state index < -0.39 is 17.6 Å². The molecule has 32 heavy (non-hydrogen) atoms. The van der Waals surface area contributed by atoms with Crippen LogP contribution in [0.3, 0.4) is 0 Å². The second-order valence-corrected chi connectivity index (χ2v) is 7.42. The summed E-state index contributed by atoms with van der Waals surface area (Å²) >= 11 is 0. The number of nitrogens with zero attached hydrogens (tertiary/aromatic N) is 1. The number of amides is 2. The van der Waals surface area contributed by atoms with Crippen LogP contribution in [0.5, 0.6) is 5.75 Å². The first-order valence-electron chi connectivity index (χ1n) is 10.3. The molecule has 2 aromatic carbocycles. The van der Waals surface area contributed by atoms with Gasteiger partial charge in [0.05, 0.1) is 5.56 Å². The summed E-state index contributed by atoms with van der Waals surface area (Å²) in [5.41, 5.74) is -0.366. The molecule has 174 valence electrons. The fraction of sp³-hybridized carbons (Fsp3) is 0.391. The smallest absolute Gasteiger partial charge is 0.416 e. The van der Waals surface area contributed by atoms with Crippen molar-refractivity contribution in [1.82, 2.24) is 10.2 Å². The molecule has 0 spiro atoms. The standard InChI is InChI=1S/C23H28F3N3O3/c1-4-29(16(2)3)13-12-27-22(31)17-8-10-20(11-9-17)32-15-21(30)28-19-7-5-6-18(14-19)23(24,25)26/h5-11,14,16H,4,12-13,15H2,1-3H3,(H,27,31)(H,28,30). The van der Waals surface area contributed by atoms with Crippen LogP contribution in [-0.4, -0.2) is 49.0 Å². The van der Waals surface area contributed by atoms with Gasteiger partial charge in [0, 0.05) is 30.4 Å². The highest BCUT2D eigenvalue weighted by atomic mass is 19.4. The van der Waals surface area contributed by atoms with Crippen LogP contribution in [0.4, 0.5) is 18.9 Å². The third-order valence-corrected chi connectivity index (χ3v) is 4.78. The first kappa shape index (κ1) is 25.2. The van der Waals surface area contributed by atoms with Gasteiger partial charge in [0.1, 0.15) is 5.75 Å². The van der Waals surface area contributed by atoms with Gasteiger partial charge in [-0.2, -0.15) is 13.2 Å². The van der Waals surface area contributed by atoms with Crippen LogP contribution in [0.15, 0.2) is 48.5 Å². The molecule has 0 bridgehead atoms. The van der Waals surface area contributed by atoms with Gasteiger partial charge in [-0.15, -0.1) is 0 Å². The van der Waals surface area contributed by atoms with Crippen LogP contribution in [0.2, 0.25) is 0 Å². The lowest BCUT2D eigenvalue weighted by atomic mass is 10.2. The second kappa shape index (κ2) is 11.5. The van der Waals surface area contributed by atoms with E-state index in [1.54, 1.807) is 24.3 Å². The van der Waals surface area contributed by atoms with Gasteiger partial charge in [0.25, 0.3) is 11.8 Å². The Labute approximate surface area is 185 Å². The van der Waals surface area contributed by atoms with E-state index in [0.717, 1.165) is 25.2 Å². The van der Waals surface area contributed by atoms with Crippen LogP contribution in [0.1, 0.15) is 36.7 Å². The molecule has 0 fully saturated rings. The van der Waals surface area contributed by atoms with Crippen LogP contribution in [0.25, 0.3) is 0 Å². The molecule has 0 aliphatic heterocycles. The molecule has 0 unspecified atom stereocenters. The summed E-state index contributed by atoms with van der Waals surface area (Å²) in [5, 5.41) is 5.23. The molecule has 0 radical (unpaired) electrons. The first-order chi connectivity index (χ1) is 15.1. The number of hydrogen-bond donors (Lipinski definition) is 2. The molecule has 0 aliphatic rings. The average Bonchev–Trinajstić information content (AvgIpc) is 2.75. The van der Waals surface area contributed by atoms with Gasteiger partial charge >= 0.3 is 6.18 Å². The van der Waals surface area contributed by atoms with Crippen LogP contribution >= 0.6 is 0 Å². The SMILES string of the molecule is CCN(CCNC(=O)c1ccc(OCC(=O)Nc2cccc(C(F)(F)F)c2)cc1)C(C)C. The minimum Gasteiger partial charge on any atom is -0.484 e. The molecule has 0 aromatic heterocycles. The lowest BCUT2D eigenvalue weighted by Crippen LogP contribution is -2.38. The van der Waals surface area contributed by atoms with Crippen molar-refractivity contribution in [2.75, 3.05) is 31.6 Å². The van der Waals surface area contributed by atoms with Crippen molar-refractivity contribution >= 4 is 17.5 Å². The van der Waals surface area contributed by atoms with Crippen LogP contribution < -0.4 is 15.4 Å². The monoisotopic (exact) mass is 451 g/mol. The van der Waals surface area contributed by atoms with E-state index in [-0.39, 0.29) is 18.2 Å². The minimum atomic E-state index is -4.49. The number of anilines is 1. The molecule has 0 aliphatic carbocycles. The molecule has 2 amide bonds. The number of likely N-dealkylation sites (N-methyl/N-ethyl adjacent to an activating group) is 1. The van der Waals surface area contributed by atoms with Crippen molar-refractivity contribution in [2.24, 2.45) is 0 Å². The predicted octanol–water partition coefficient (Wildman–Crippen LogP) is 4.18. The Morgan fingerprint density at radius 3 is 2.38 bits per heavy atom. The van der Waals surface area contributed by atoms with Crippen molar-refractivity contribution in [3.05, 3.63) is 59.7 Å². The number of ether oxygens (including phenoxy) is 1. The first-order valence-corrected chi connectivity index (χ1v) is 10.3. The zero-order chi connectivity index (χ0) is 23.7. The Balaban J connectivity index is 1.81. The lowest BCUT2D eigenvalue weighted by Gasteiger charge is -2.24. The molecule has 2 rings (SSSR count). The molecule has 0 heterocycles. The van der Waals surface area contributed by atoms with Gasteiger partial charge < -0.3 is 15.4 Å². The number of halogens is 3. The fourth-order valence-electron chi connectivity index (χ4n) is 3.02. The van der Waals surface area contributed by atoms with E-state index in [4.69, 9.17) is 4.74 Å². The molecule has 0 saturated heterocycles. The van der Waals surface area contributed by atoms with E-state index in [9.17, 15) is 22.8 Å². The Hall–Kier alpha value is -3.07. The molecule has 0 atom stereocenters. The third kappa shape index (κ3) is 7.88. The number of nitrogens with one attached hydrogen (secondary N) is 2. The Morgan fingerprint density at radius 2 is 1.78 bits per heavy atom. The lowest BCUT2D eigenvalue weighted by molar-refractivity contribution is -0.137. The zero-order valence-electron chi connectivity index (χ0n) is 18.3. The van der Waals surface area contributed by atoms with Gasteiger partial charge in [0.2, 0.25) is 0 Å². The largest absolute Gasteiger partial charge is 0.484 e. The van der Waals surface area contributed by atoms with E-state index in [2.05, 4.69) is 36.3 Å². The van der Waals surface area contributed by atoms with E-state index in [1.807, 2.05) is 0 Å². The number of carbonyl (C=O) groups excluding carboxylic acids is 2. The Kier molecular flexibility index (Phi) is 9.07. The van der Waals surface area contributed by atoms with E-state index >= 15 is 0 Å². The minimum absolute atomic E-state index is 0.0274. The number of carbonyl (C=O) groups is 2. The van der Waals surface area contributed by atoms with Crippen molar-refractivity contribution < 1.29 is 27.5 Å². The summed E-state index contributed by atoms with van der Waals surface area (Å²) in [6.07, 6.45) is -4.49. The topological polar surface area (TPSA) is 70.7 Å². The maximum Gasteiger partial charge on any atom is 0.416 e. The summed E-state index contributed by atoms with van der Waals surface area (Å²) in [6.45, 7) is 8.07. The molecule has 6 nitrogen and oxygen atoms in total. The van der Waals surface area contributed by atoms with Crippen molar-refractivity contribution in [3.8, 4) is 5.75 Å². The number of hydrogen-bond acceptors (Lipinski definition) is 4. The van der Waals surface area contributed by atoms with Crippen LogP contribution in [0, 0.1) is 0 Å². The highest BCUT2D eigenvalue weighted by molar-refractivity contribution is 5.94. The van der Waals surface area contributed by atoms with Gasteiger partial charge in [-0.1, -0.05) is 13.0 Å². The Morgan fingerprint density at radius 1 is 1.09 bits per heavy atom. The van der Waals surface area contributed by atoms with Gasteiger partial charge in [0.15, 0.2) is 6.61 Å². The molecule has 0 saturated carbocycles. The van der Waals surface area contributed by atoms with Crippen molar-refractivity contribution in [2.45, 2.75) is 33.0 Å². The highest BCUT2D eigenvalue weighted by Gasteiger charge is 2.30. The second-order valence-electron chi connectivity index (χ2n) is 7.42. The number of alkyl halides is 3. The Bertz CT molecular complexity index is 899. The summed E-state index contributed by atoms with van der Waals surface area (Å²) in [4.78, 5) is 26.5. The third-order valence-electron chi connectivity index (χ3n) is 4.78. The number of benzene rings is 2. The molecule has 2 aromatic rings. The van der Waals surface area contributed by atoms with Gasteiger partial charge in [-0.05, 0) is 62.9 Å². The van der Waals surface area contributed by atoms with Gasteiger partial charge in [-0.3, -0.25) is 14.5 Å².